The molecular formula is C8H21NO4S. The van der Waals surface area contributed by atoms with Crippen LogP contribution in [0, 0.1) is 0 Å². The Morgan fingerprint density at radius 1 is 1.14 bits per heavy atom. The van der Waals surface area contributed by atoms with Gasteiger partial charge in [-0.1, -0.05) is 0 Å². The van der Waals surface area contributed by atoms with Gasteiger partial charge in [-0.3, -0.25) is 4.18 Å². The van der Waals surface area contributed by atoms with Crippen LogP contribution in [0.4, 0.5) is 0 Å². The molecule has 6 heteroatoms. The van der Waals surface area contributed by atoms with Crippen molar-refractivity contribution < 1.29 is 21.6 Å². The van der Waals surface area contributed by atoms with E-state index in [1.165, 1.54) is 20.0 Å². The van der Waals surface area contributed by atoms with Gasteiger partial charge in [-0.2, -0.15) is 0 Å². The molecule has 0 amide bonds. The Balaban J connectivity index is 0. The third-order valence-corrected chi connectivity index (χ3v) is 2.50. The molecule has 0 aromatic heterocycles. The van der Waals surface area contributed by atoms with E-state index in [9.17, 15) is 13.0 Å². The summed E-state index contributed by atoms with van der Waals surface area (Å²) in [5.41, 5.74) is 0. The van der Waals surface area contributed by atoms with E-state index in [2.05, 4.69) is 32.1 Å². The van der Waals surface area contributed by atoms with Crippen molar-refractivity contribution in [1.29, 1.82) is 0 Å². The monoisotopic (exact) mass is 227 g/mol. The third kappa shape index (κ3) is 14.4. The molecule has 0 heterocycles. The second-order valence-electron chi connectivity index (χ2n) is 3.38. The van der Waals surface area contributed by atoms with Crippen LogP contribution in [0.1, 0.15) is 20.8 Å². The van der Waals surface area contributed by atoms with E-state index < -0.39 is 10.4 Å². The van der Waals surface area contributed by atoms with E-state index >= 15 is 0 Å². The minimum atomic E-state index is -4.42. The second-order valence-corrected chi connectivity index (χ2v) is 4.44. The Morgan fingerprint density at radius 2 is 1.50 bits per heavy atom. The fourth-order valence-electron chi connectivity index (χ4n) is 0.368. The Labute approximate surface area is 87.2 Å². The maximum absolute atomic E-state index is 9.45. The Hall–Kier alpha value is -0.170. The van der Waals surface area contributed by atoms with Crippen molar-refractivity contribution in [3.63, 3.8) is 0 Å². The molecule has 0 aliphatic heterocycles. The first kappa shape index (κ1) is 16.3. The van der Waals surface area contributed by atoms with Gasteiger partial charge in [0.1, 0.15) is 0 Å². The van der Waals surface area contributed by atoms with Crippen LogP contribution in [0.3, 0.4) is 0 Å². The summed E-state index contributed by atoms with van der Waals surface area (Å²) in [6, 6.07) is 0. The summed E-state index contributed by atoms with van der Waals surface area (Å²) >= 11 is 0. The van der Waals surface area contributed by atoms with Crippen LogP contribution in [0.25, 0.3) is 0 Å². The lowest BCUT2D eigenvalue weighted by Crippen LogP contribution is -2.38. The predicted octanol–water partition coefficient (Wildman–Crippen LogP) is 0.586. The largest absolute Gasteiger partial charge is 0.726 e. The molecule has 0 bridgehead atoms. The zero-order chi connectivity index (χ0) is 11.8. The van der Waals surface area contributed by atoms with E-state index in [0.29, 0.717) is 0 Å². The number of rotatable bonds is 4. The molecule has 0 radical (unpaired) electrons. The van der Waals surface area contributed by atoms with E-state index in [1.54, 1.807) is 0 Å². The fourth-order valence-corrected chi connectivity index (χ4v) is 0.657. The average molecular weight is 227 g/mol. The number of nitrogens with zero attached hydrogens (tertiary/aromatic N) is 1. The molecule has 0 aliphatic carbocycles. The van der Waals surface area contributed by atoms with Crippen LogP contribution in [0.5, 0.6) is 0 Å². The first-order valence-electron chi connectivity index (χ1n) is 4.60. The van der Waals surface area contributed by atoms with Crippen molar-refractivity contribution in [2.24, 2.45) is 0 Å². The third-order valence-electron chi connectivity index (χ3n) is 1.97. The first-order chi connectivity index (χ1) is 6.18. The van der Waals surface area contributed by atoms with Crippen molar-refractivity contribution in [2.45, 2.75) is 20.8 Å². The Bertz CT molecular complexity index is 217. The highest BCUT2D eigenvalue weighted by molar-refractivity contribution is 7.80. The maximum atomic E-state index is 9.45. The SMILES string of the molecule is CCOS(=O)(=O)[O-].CC[N+](C)(C)CC. The topological polar surface area (TPSA) is 66.4 Å². The molecule has 0 atom stereocenters. The van der Waals surface area contributed by atoms with Gasteiger partial charge in [-0.05, 0) is 20.8 Å². The second kappa shape index (κ2) is 7.17. The molecule has 0 saturated heterocycles. The molecule has 0 saturated carbocycles. The van der Waals surface area contributed by atoms with Gasteiger partial charge in [0, 0.05) is 0 Å². The molecule has 0 spiro atoms. The molecule has 0 aliphatic rings. The van der Waals surface area contributed by atoms with Gasteiger partial charge in [-0.25, -0.2) is 8.42 Å². The maximum Gasteiger partial charge on any atom is 0.217 e. The summed E-state index contributed by atoms with van der Waals surface area (Å²) in [4.78, 5) is 0. The zero-order valence-corrected chi connectivity index (χ0v) is 10.4. The van der Waals surface area contributed by atoms with Gasteiger partial charge in [0.15, 0.2) is 0 Å². The minimum Gasteiger partial charge on any atom is -0.726 e. The number of hydrogen-bond acceptors (Lipinski definition) is 4. The van der Waals surface area contributed by atoms with Crippen LogP contribution in [0.2, 0.25) is 0 Å². The van der Waals surface area contributed by atoms with Gasteiger partial charge in [0.2, 0.25) is 10.4 Å². The van der Waals surface area contributed by atoms with E-state index in [1.807, 2.05) is 0 Å². The quantitative estimate of drug-likeness (QED) is 0.400. The van der Waals surface area contributed by atoms with Gasteiger partial charge in [-0.15, -0.1) is 0 Å². The summed E-state index contributed by atoms with van der Waals surface area (Å²) in [5, 5.41) is 0. The fraction of sp³-hybridized carbons (Fsp3) is 1.00. The molecule has 0 rings (SSSR count). The smallest absolute Gasteiger partial charge is 0.217 e. The van der Waals surface area contributed by atoms with Gasteiger partial charge < -0.3 is 9.04 Å². The Kier molecular flexibility index (Phi) is 8.33. The Morgan fingerprint density at radius 3 is 1.50 bits per heavy atom. The molecule has 0 aromatic carbocycles. The van der Waals surface area contributed by atoms with Crippen LogP contribution in [0.15, 0.2) is 0 Å². The lowest BCUT2D eigenvalue weighted by molar-refractivity contribution is -0.886. The highest BCUT2D eigenvalue weighted by atomic mass is 32.3. The van der Waals surface area contributed by atoms with Crippen molar-refractivity contribution in [2.75, 3.05) is 33.8 Å². The minimum absolute atomic E-state index is 0.0914. The van der Waals surface area contributed by atoms with Crippen molar-refractivity contribution >= 4 is 10.4 Å². The molecule has 14 heavy (non-hydrogen) atoms. The molecular weight excluding hydrogens is 206 g/mol. The molecule has 0 aromatic rings. The predicted molar refractivity (Wildman–Crippen MR) is 54.5 cm³/mol. The summed E-state index contributed by atoms with van der Waals surface area (Å²) in [7, 11) is 0.0480. The van der Waals surface area contributed by atoms with Gasteiger partial charge in [0.05, 0.1) is 33.8 Å². The first-order valence-corrected chi connectivity index (χ1v) is 5.94. The van der Waals surface area contributed by atoms with Crippen LogP contribution >= 0.6 is 0 Å². The number of hydrogen-bond donors (Lipinski definition) is 0. The standard InChI is InChI=1S/C6H16N.C2H6O4S/c1-5-7(3,4)6-2;1-2-6-7(3,4)5/h5-6H2,1-4H3;2H2,1H3,(H,3,4,5)/q+1;/p-1. The average Bonchev–Trinajstić information content (AvgIpc) is 2.04. The molecule has 0 unspecified atom stereocenters. The summed E-state index contributed by atoms with van der Waals surface area (Å²) in [6.07, 6.45) is 0. The van der Waals surface area contributed by atoms with Gasteiger partial charge in [0.25, 0.3) is 0 Å². The van der Waals surface area contributed by atoms with E-state index in [4.69, 9.17) is 0 Å². The summed E-state index contributed by atoms with van der Waals surface area (Å²) < 4.78 is 33.1. The van der Waals surface area contributed by atoms with Crippen molar-refractivity contribution in [3.05, 3.63) is 0 Å². The van der Waals surface area contributed by atoms with E-state index in [0.717, 1.165) is 4.48 Å². The summed E-state index contributed by atoms with van der Waals surface area (Å²) in [5.74, 6) is 0. The van der Waals surface area contributed by atoms with Crippen LogP contribution in [-0.2, 0) is 14.6 Å². The molecule has 88 valence electrons. The number of quaternary nitrogens is 1. The van der Waals surface area contributed by atoms with Crippen molar-refractivity contribution in [3.8, 4) is 0 Å². The highest BCUT2D eigenvalue weighted by Gasteiger charge is 2.04. The lowest BCUT2D eigenvalue weighted by Gasteiger charge is -2.25. The van der Waals surface area contributed by atoms with Gasteiger partial charge >= 0.3 is 0 Å². The highest BCUT2D eigenvalue weighted by Crippen LogP contribution is 1.91. The molecule has 0 N–H and O–H groups in total. The molecule has 0 fully saturated rings. The molecule has 5 nitrogen and oxygen atoms in total. The lowest BCUT2D eigenvalue weighted by atomic mass is 10.5. The normalized spacial score (nSPS) is 11.9. The van der Waals surface area contributed by atoms with E-state index in [-0.39, 0.29) is 6.61 Å². The summed E-state index contributed by atoms with van der Waals surface area (Å²) in [6.45, 7) is 8.22. The van der Waals surface area contributed by atoms with Crippen LogP contribution < -0.4 is 0 Å². The van der Waals surface area contributed by atoms with Crippen LogP contribution in [-0.4, -0.2) is 51.2 Å². The van der Waals surface area contributed by atoms with Crippen molar-refractivity contribution in [1.82, 2.24) is 0 Å². The zero-order valence-electron chi connectivity index (χ0n) is 9.61.